The van der Waals surface area contributed by atoms with Crippen LogP contribution in [0.2, 0.25) is 0 Å². The van der Waals surface area contributed by atoms with Crippen molar-refractivity contribution in [1.29, 1.82) is 0 Å². The second kappa shape index (κ2) is 7.01. The van der Waals surface area contributed by atoms with Crippen LogP contribution < -0.4 is 16.6 Å². The molecule has 0 saturated heterocycles. The largest absolute Gasteiger partial charge is 0.396 e. The Labute approximate surface area is 117 Å². The fraction of sp³-hybridized carbons (Fsp3) is 0.583. The minimum absolute atomic E-state index is 0.0456. The summed E-state index contributed by atoms with van der Waals surface area (Å²) in [4.78, 5) is 14.4. The van der Waals surface area contributed by atoms with Crippen molar-refractivity contribution in [3.05, 3.63) is 22.2 Å². The van der Waals surface area contributed by atoms with E-state index in [1.807, 2.05) is 13.8 Å². The number of hydrogen-bond donors (Lipinski definition) is 4. The summed E-state index contributed by atoms with van der Waals surface area (Å²) >= 11 is 0. The lowest BCUT2D eigenvalue weighted by atomic mass is 9.83. The molecule has 0 radical (unpaired) electrons. The molecule has 0 aliphatic carbocycles. The van der Waals surface area contributed by atoms with Crippen LogP contribution in [-0.2, 0) is 0 Å². The van der Waals surface area contributed by atoms with E-state index in [4.69, 9.17) is 5.84 Å². The molecule has 0 aliphatic rings. The number of aliphatic hydroxyl groups excluding tert-OH is 1. The minimum Gasteiger partial charge on any atom is -0.396 e. The van der Waals surface area contributed by atoms with Gasteiger partial charge in [-0.05, 0) is 12.8 Å². The summed E-state index contributed by atoms with van der Waals surface area (Å²) in [6.07, 6.45) is 1.59. The standard InChI is InChI=1S/C12H21N5O3/c1-3-12(4-2,8-18)7-14-10-5-9(17(19)20)6-11(15-10)16-13/h5-6,18H,3-4,7-8,13H2,1-2H3,(H2,14,15,16). The average Bonchev–Trinajstić information content (AvgIpc) is 2.48. The number of nitrogen functional groups attached to an aromatic ring is 1. The number of rotatable bonds is 8. The molecule has 8 nitrogen and oxygen atoms in total. The van der Waals surface area contributed by atoms with E-state index < -0.39 is 4.92 Å². The van der Waals surface area contributed by atoms with Gasteiger partial charge in [0, 0.05) is 12.0 Å². The van der Waals surface area contributed by atoms with Gasteiger partial charge >= 0.3 is 0 Å². The highest BCUT2D eigenvalue weighted by molar-refractivity contribution is 5.54. The molecule has 0 saturated carbocycles. The Morgan fingerprint density at radius 3 is 2.45 bits per heavy atom. The lowest BCUT2D eigenvalue weighted by Gasteiger charge is -2.29. The summed E-state index contributed by atoms with van der Waals surface area (Å²) in [7, 11) is 0. The van der Waals surface area contributed by atoms with Gasteiger partial charge in [-0.15, -0.1) is 0 Å². The van der Waals surface area contributed by atoms with Gasteiger partial charge in [-0.1, -0.05) is 13.8 Å². The number of nitrogens with two attached hydrogens (primary N) is 1. The first kappa shape index (κ1) is 16.1. The SMILES string of the molecule is CCC(CC)(CO)CNc1cc([N+](=O)[O-])cc(NN)n1. The summed E-state index contributed by atoms with van der Waals surface area (Å²) in [6.45, 7) is 4.52. The molecule has 5 N–H and O–H groups in total. The first-order valence-electron chi connectivity index (χ1n) is 6.48. The average molecular weight is 283 g/mol. The van der Waals surface area contributed by atoms with Gasteiger partial charge in [-0.3, -0.25) is 10.1 Å². The van der Waals surface area contributed by atoms with Crippen molar-refractivity contribution >= 4 is 17.3 Å². The van der Waals surface area contributed by atoms with Gasteiger partial charge in [0.1, 0.15) is 11.6 Å². The monoisotopic (exact) mass is 283 g/mol. The Morgan fingerprint density at radius 2 is 2.00 bits per heavy atom. The lowest BCUT2D eigenvalue weighted by molar-refractivity contribution is -0.384. The first-order chi connectivity index (χ1) is 9.50. The summed E-state index contributed by atoms with van der Waals surface area (Å²) in [6, 6.07) is 2.60. The van der Waals surface area contributed by atoms with Crippen molar-refractivity contribution in [3.8, 4) is 0 Å². The van der Waals surface area contributed by atoms with E-state index in [-0.39, 0.29) is 23.5 Å². The number of nitro groups is 1. The molecule has 0 fully saturated rings. The predicted octanol–water partition coefficient (Wildman–Crippen LogP) is 1.49. The maximum Gasteiger partial charge on any atom is 0.276 e. The number of aliphatic hydroxyl groups is 1. The second-order valence-electron chi connectivity index (χ2n) is 4.72. The third kappa shape index (κ3) is 3.78. The zero-order valence-electron chi connectivity index (χ0n) is 11.7. The third-order valence-electron chi connectivity index (χ3n) is 3.65. The normalized spacial score (nSPS) is 11.2. The number of nitrogens with one attached hydrogen (secondary N) is 2. The van der Waals surface area contributed by atoms with Crippen LogP contribution in [-0.4, -0.2) is 28.2 Å². The van der Waals surface area contributed by atoms with Crippen LogP contribution in [0.15, 0.2) is 12.1 Å². The van der Waals surface area contributed by atoms with Crippen LogP contribution in [0.4, 0.5) is 17.3 Å². The van der Waals surface area contributed by atoms with Crippen molar-refractivity contribution in [3.63, 3.8) is 0 Å². The zero-order valence-corrected chi connectivity index (χ0v) is 11.7. The molecule has 1 aromatic heterocycles. The molecule has 0 aliphatic heterocycles. The Morgan fingerprint density at radius 1 is 1.40 bits per heavy atom. The summed E-state index contributed by atoms with van der Waals surface area (Å²) < 4.78 is 0. The number of hydrazine groups is 1. The second-order valence-corrected chi connectivity index (χ2v) is 4.72. The molecule has 112 valence electrons. The van der Waals surface area contributed by atoms with Crippen molar-refractivity contribution in [2.75, 3.05) is 23.9 Å². The number of pyridine rings is 1. The minimum atomic E-state index is -0.507. The molecular formula is C12H21N5O3. The Balaban J connectivity index is 2.91. The Hall–Kier alpha value is -1.93. The molecule has 0 spiro atoms. The zero-order chi connectivity index (χ0) is 15.2. The van der Waals surface area contributed by atoms with Gasteiger partial charge in [0.15, 0.2) is 0 Å². The van der Waals surface area contributed by atoms with Crippen molar-refractivity contribution < 1.29 is 10.0 Å². The molecule has 0 bridgehead atoms. The quantitative estimate of drug-likeness (QED) is 0.323. The van der Waals surface area contributed by atoms with Crippen LogP contribution in [0.1, 0.15) is 26.7 Å². The van der Waals surface area contributed by atoms with Crippen LogP contribution in [0, 0.1) is 15.5 Å². The van der Waals surface area contributed by atoms with Gasteiger partial charge in [0.25, 0.3) is 5.69 Å². The van der Waals surface area contributed by atoms with Crippen LogP contribution >= 0.6 is 0 Å². The van der Waals surface area contributed by atoms with E-state index in [1.165, 1.54) is 12.1 Å². The van der Waals surface area contributed by atoms with Gasteiger partial charge < -0.3 is 15.8 Å². The molecule has 0 aromatic carbocycles. The number of nitrogens with zero attached hydrogens (tertiary/aromatic N) is 2. The molecule has 1 rings (SSSR count). The lowest BCUT2D eigenvalue weighted by Crippen LogP contribution is -2.32. The molecule has 1 heterocycles. The van der Waals surface area contributed by atoms with Gasteiger partial charge in [0.2, 0.25) is 0 Å². The first-order valence-corrected chi connectivity index (χ1v) is 6.48. The van der Waals surface area contributed by atoms with Crippen molar-refractivity contribution in [2.24, 2.45) is 11.3 Å². The van der Waals surface area contributed by atoms with Crippen LogP contribution in [0.3, 0.4) is 0 Å². The van der Waals surface area contributed by atoms with E-state index in [0.29, 0.717) is 12.4 Å². The van der Waals surface area contributed by atoms with E-state index >= 15 is 0 Å². The molecule has 0 atom stereocenters. The molecule has 0 unspecified atom stereocenters. The molecule has 0 amide bonds. The molecular weight excluding hydrogens is 262 g/mol. The summed E-state index contributed by atoms with van der Waals surface area (Å²) in [5.74, 6) is 5.81. The highest BCUT2D eigenvalue weighted by Crippen LogP contribution is 2.27. The van der Waals surface area contributed by atoms with Gasteiger partial charge in [-0.2, -0.15) is 0 Å². The molecule has 8 heteroatoms. The van der Waals surface area contributed by atoms with Crippen LogP contribution in [0.5, 0.6) is 0 Å². The van der Waals surface area contributed by atoms with Crippen LogP contribution in [0.25, 0.3) is 0 Å². The predicted molar refractivity (Wildman–Crippen MR) is 77.3 cm³/mol. The maximum absolute atomic E-state index is 10.8. The highest BCUT2D eigenvalue weighted by Gasteiger charge is 2.25. The molecule has 20 heavy (non-hydrogen) atoms. The topological polar surface area (TPSA) is 126 Å². The van der Waals surface area contributed by atoms with Crippen molar-refractivity contribution in [1.82, 2.24) is 4.98 Å². The smallest absolute Gasteiger partial charge is 0.276 e. The Kier molecular flexibility index (Phi) is 5.66. The Bertz CT molecular complexity index is 454. The van der Waals surface area contributed by atoms with E-state index in [1.54, 1.807) is 0 Å². The van der Waals surface area contributed by atoms with Gasteiger partial charge in [-0.25, -0.2) is 10.8 Å². The van der Waals surface area contributed by atoms with E-state index in [9.17, 15) is 15.2 Å². The van der Waals surface area contributed by atoms with E-state index in [0.717, 1.165) is 12.8 Å². The number of aromatic nitrogens is 1. The number of anilines is 2. The molecule has 1 aromatic rings. The maximum atomic E-state index is 10.8. The van der Waals surface area contributed by atoms with Gasteiger partial charge in [0.05, 0.1) is 23.7 Å². The highest BCUT2D eigenvalue weighted by atomic mass is 16.6. The number of hydrogen-bond acceptors (Lipinski definition) is 7. The summed E-state index contributed by atoms with van der Waals surface area (Å²) in [5, 5.41) is 23.4. The van der Waals surface area contributed by atoms with Crippen molar-refractivity contribution in [2.45, 2.75) is 26.7 Å². The fourth-order valence-corrected chi connectivity index (χ4v) is 1.84. The van der Waals surface area contributed by atoms with E-state index in [2.05, 4.69) is 15.7 Å². The third-order valence-corrected chi connectivity index (χ3v) is 3.65. The fourth-order valence-electron chi connectivity index (χ4n) is 1.84. The summed E-state index contributed by atoms with van der Waals surface area (Å²) in [5.41, 5.74) is 1.94.